The Morgan fingerprint density at radius 2 is 1.75 bits per heavy atom. The smallest absolute Gasteiger partial charge is 0.410 e. The molecule has 2 aromatic carbocycles. The van der Waals surface area contributed by atoms with Gasteiger partial charge in [0.05, 0.1) is 24.3 Å². The van der Waals surface area contributed by atoms with Crippen molar-refractivity contribution in [2.75, 3.05) is 23.8 Å². The van der Waals surface area contributed by atoms with E-state index in [1.165, 1.54) is 0 Å². The molecule has 3 aliphatic rings. The van der Waals surface area contributed by atoms with Crippen molar-refractivity contribution in [2.24, 2.45) is 0 Å². The van der Waals surface area contributed by atoms with Crippen LogP contribution in [0, 0.1) is 0 Å². The molecule has 0 unspecified atom stereocenters. The van der Waals surface area contributed by atoms with Crippen LogP contribution in [-0.4, -0.2) is 53.2 Å². The number of pyridine rings is 1. The van der Waals surface area contributed by atoms with Crippen LogP contribution in [0.25, 0.3) is 11.1 Å². The van der Waals surface area contributed by atoms with Crippen LogP contribution in [0.15, 0.2) is 60.7 Å². The van der Waals surface area contributed by atoms with Crippen LogP contribution in [0.2, 0.25) is 0 Å². The molecule has 9 heteroatoms. The summed E-state index contributed by atoms with van der Waals surface area (Å²) in [6, 6.07) is 18.2. The molecule has 1 fully saturated rings. The average Bonchev–Trinajstić information content (AvgIpc) is 3.55. The molecule has 2 N–H and O–H groups in total. The highest BCUT2D eigenvalue weighted by Gasteiger charge is 2.41. The fraction of sp³-hybridized carbons (Fsp3) is 0.259. The van der Waals surface area contributed by atoms with Gasteiger partial charge in [0.25, 0.3) is 0 Å². The highest BCUT2D eigenvalue weighted by Crippen LogP contribution is 2.44. The molecule has 2 atom stereocenters. The second-order valence-corrected chi connectivity index (χ2v) is 9.21. The molecule has 0 radical (unpaired) electrons. The minimum Gasteiger partial charge on any atom is -0.448 e. The molecular formula is C27H23FN4O4. The maximum atomic E-state index is 14.4. The van der Waals surface area contributed by atoms with Crippen molar-refractivity contribution in [2.45, 2.75) is 31.0 Å². The monoisotopic (exact) mass is 486 g/mol. The summed E-state index contributed by atoms with van der Waals surface area (Å²) >= 11 is 0. The molecule has 1 aromatic heterocycles. The van der Waals surface area contributed by atoms with Crippen LogP contribution < -0.4 is 10.6 Å². The van der Waals surface area contributed by atoms with Gasteiger partial charge in [-0.25, -0.2) is 14.2 Å². The summed E-state index contributed by atoms with van der Waals surface area (Å²) in [6.07, 6.45) is -2.06. The van der Waals surface area contributed by atoms with E-state index in [9.17, 15) is 18.8 Å². The predicted molar refractivity (Wildman–Crippen MR) is 130 cm³/mol. The fourth-order valence-corrected chi connectivity index (χ4v) is 5.29. The van der Waals surface area contributed by atoms with Crippen LogP contribution in [0.5, 0.6) is 0 Å². The summed E-state index contributed by atoms with van der Waals surface area (Å²) in [7, 11) is 0. The molecule has 36 heavy (non-hydrogen) atoms. The largest absolute Gasteiger partial charge is 0.448 e. The van der Waals surface area contributed by atoms with Crippen molar-refractivity contribution in [1.29, 1.82) is 0 Å². The molecule has 3 amide bonds. The summed E-state index contributed by atoms with van der Waals surface area (Å²) < 4.78 is 20.0. The zero-order valence-electron chi connectivity index (χ0n) is 19.2. The third kappa shape index (κ3) is 3.86. The van der Waals surface area contributed by atoms with Gasteiger partial charge in [0.1, 0.15) is 24.6 Å². The van der Waals surface area contributed by atoms with E-state index >= 15 is 0 Å². The first-order valence-electron chi connectivity index (χ1n) is 11.8. The minimum atomic E-state index is -1.34. The Bertz CT molecular complexity index is 1350. The van der Waals surface area contributed by atoms with Crippen molar-refractivity contribution >= 4 is 29.4 Å². The maximum absolute atomic E-state index is 14.4. The van der Waals surface area contributed by atoms with Crippen LogP contribution in [0.3, 0.4) is 0 Å². The first-order valence-corrected chi connectivity index (χ1v) is 11.8. The highest BCUT2D eigenvalue weighted by molar-refractivity contribution is 6.00. The lowest BCUT2D eigenvalue weighted by molar-refractivity contribution is -0.120. The zero-order valence-corrected chi connectivity index (χ0v) is 19.2. The van der Waals surface area contributed by atoms with E-state index in [0.717, 1.165) is 27.2 Å². The van der Waals surface area contributed by atoms with E-state index < -0.39 is 24.2 Å². The number of ether oxygens (including phenoxy) is 1. The molecule has 2 aliphatic heterocycles. The molecule has 1 saturated heterocycles. The summed E-state index contributed by atoms with van der Waals surface area (Å²) in [5.74, 6) is -0.610. The van der Waals surface area contributed by atoms with E-state index in [1.54, 1.807) is 12.1 Å². The molecule has 182 valence electrons. The van der Waals surface area contributed by atoms with Gasteiger partial charge in [-0.3, -0.25) is 14.5 Å². The number of carbonyl (C=O) groups is 3. The molecule has 0 spiro atoms. The molecule has 0 bridgehead atoms. The molecule has 1 aliphatic carbocycles. The van der Waals surface area contributed by atoms with Gasteiger partial charge in [0, 0.05) is 12.3 Å². The van der Waals surface area contributed by atoms with Crippen LogP contribution in [0.1, 0.15) is 29.2 Å². The SMILES string of the molecule is O=C1Cc2nc(NC(=O)[C@H]3C[C@@H](F)CN3C(=O)OCC3c4ccccc4-c4ccccc43)ccc2N1. The van der Waals surface area contributed by atoms with Crippen molar-refractivity contribution in [1.82, 2.24) is 9.88 Å². The number of carbonyl (C=O) groups excluding carboxylic acids is 3. The lowest BCUT2D eigenvalue weighted by Crippen LogP contribution is -2.43. The van der Waals surface area contributed by atoms with Gasteiger partial charge in [0.15, 0.2) is 0 Å². The van der Waals surface area contributed by atoms with E-state index in [-0.39, 0.29) is 43.6 Å². The molecule has 3 aromatic rings. The van der Waals surface area contributed by atoms with Gasteiger partial charge in [0.2, 0.25) is 11.8 Å². The molecule has 8 nitrogen and oxygen atoms in total. The topological polar surface area (TPSA) is 101 Å². The Morgan fingerprint density at radius 3 is 2.47 bits per heavy atom. The number of anilines is 2. The van der Waals surface area contributed by atoms with E-state index in [0.29, 0.717) is 11.4 Å². The van der Waals surface area contributed by atoms with Gasteiger partial charge in [-0.2, -0.15) is 0 Å². The minimum absolute atomic E-state index is 0.0854. The van der Waals surface area contributed by atoms with Gasteiger partial charge in [-0.05, 0) is 34.4 Å². The number of fused-ring (bicyclic) bond motifs is 4. The predicted octanol–water partition coefficient (Wildman–Crippen LogP) is 3.88. The summed E-state index contributed by atoms with van der Waals surface area (Å²) in [6.45, 7) is -0.132. The fourth-order valence-electron chi connectivity index (χ4n) is 5.29. The first kappa shape index (κ1) is 22.2. The van der Waals surface area contributed by atoms with Crippen molar-refractivity contribution in [3.63, 3.8) is 0 Å². The number of rotatable bonds is 4. The number of likely N-dealkylation sites (tertiary alicyclic amines) is 1. The summed E-state index contributed by atoms with van der Waals surface area (Å²) in [5, 5.41) is 5.33. The Morgan fingerprint density at radius 1 is 1.06 bits per heavy atom. The van der Waals surface area contributed by atoms with Crippen LogP contribution in [-0.2, 0) is 20.7 Å². The van der Waals surface area contributed by atoms with E-state index in [2.05, 4.69) is 15.6 Å². The van der Waals surface area contributed by atoms with E-state index in [1.807, 2.05) is 48.5 Å². The number of nitrogens with zero attached hydrogens (tertiary/aromatic N) is 2. The molecule has 3 heterocycles. The molecular weight excluding hydrogens is 463 g/mol. The lowest BCUT2D eigenvalue weighted by atomic mass is 9.98. The normalized spacial score (nSPS) is 19.9. The van der Waals surface area contributed by atoms with Crippen molar-refractivity contribution in [3.8, 4) is 11.1 Å². The number of nitrogens with one attached hydrogen (secondary N) is 2. The quantitative estimate of drug-likeness (QED) is 0.583. The number of benzene rings is 2. The Kier molecular flexibility index (Phi) is 5.40. The second-order valence-electron chi connectivity index (χ2n) is 9.21. The van der Waals surface area contributed by atoms with Gasteiger partial charge in [-0.15, -0.1) is 0 Å². The average molecular weight is 487 g/mol. The number of halogens is 1. The number of hydrogen-bond acceptors (Lipinski definition) is 5. The van der Waals surface area contributed by atoms with Gasteiger partial charge >= 0.3 is 6.09 Å². The Hall–Kier alpha value is -4.27. The second kappa shape index (κ2) is 8.75. The number of aromatic nitrogens is 1. The Labute approximate surface area is 206 Å². The highest BCUT2D eigenvalue weighted by atomic mass is 19.1. The zero-order chi connectivity index (χ0) is 24.8. The number of amides is 3. The lowest BCUT2D eigenvalue weighted by Gasteiger charge is -2.24. The Balaban J connectivity index is 1.15. The van der Waals surface area contributed by atoms with E-state index in [4.69, 9.17) is 4.74 Å². The number of hydrogen-bond donors (Lipinski definition) is 2. The van der Waals surface area contributed by atoms with Crippen molar-refractivity contribution in [3.05, 3.63) is 77.5 Å². The summed E-state index contributed by atoms with van der Waals surface area (Å²) in [5.41, 5.74) is 5.48. The molecule has 0 saturated carbocycles. The molecule has 6 rings (SSSR count). The van der Waals surface area contributed by atoms with Crippen LogP contribution in [0.4, 0.5) is 20.7 Å². The standard InChI is InChI=1S/C27H23FN4O4/c28-15-11-23(26(34)31-24-10-9-21-22(29-24)12-25(33)30-21)32(13-15)27(35)36-14-20-18-7-3-1-5-16(18)17-6-2-4-8-19(17)20/h1-10,15,20,23H,11-14H2,(H,30,33)(H,29,31,34)/t15-,23-/m1/s1. The first-order chi connectivity index (χ1) is 17.5. The van der Waals surface area contributed by atoms with Gasteiger partial charge in [-0.1, -0.05) is 48.5 Å². The number of alkyl halides is 1. The van der Waals surface area contributed by atoms with Crippen LogP contribution >= 0.6 is 0 Å². The third-order valence-electron chi connectivity index (χ3n) is 6.95. The van der Waals surface area contributed by atoms with Gasteiger partial charge < -0.3 is 15.4 Å². The summed E-state index contributed by atoms with van der Waals surface area (Å²) in [4.78, 5) is 43.0. The van der Waals surface area contributed by atoms with Crippen molar-refractivity contribution < 1.29 is 23.5 Å². The third-order valence-corrected chi connectivity index (χ3v) is 6.95. The maximum Gasteiger partial charge on any atom is 0.410 e.